The van der Waals surface area contributed by atoms with Gasteiger partial charge in [-0.3, -0.25) is 9.97 Å². The number of carbonyl (C=O) groups excluding carboxylic acids is 2. The summed E-state index contributed by atoms with van der Waals surface area (Å²) in [6.45, 7) is 0. The third kappa shape index (κ3) is 2.36. The molecule has 0 saturated heterocycles. The van der Waals surface area contributed by atoms with E-state index in [1.54, 1.807) is 0 Å². The Morgan fingerprint density at radius 2 is 1.18 bits per heavy atom. The van der Waals surface area contributed by atoms with Crippen LogP contribution in [0.15, 0.2) is 70.2 Å². The van der Waals surface area contributed by atoms with E-state index in [4.69, 9.17) is 29.7 Å². The van der Waals surface area contributed by atoms with Gasteiger partial charge in [0.15, 0.2) is 0 Å². The summed E-state index contributed by atoms with van der Waals surface area (Å²) in [6, 6.07) is 12.4. The zero-order valence-corrected chi connectivity index (χ0v) is 22.6. The van der Waals surface area contributed by atoms with Crippen molar-refractivity contribution >= 4 is 11.9 Å². The molecule has 6 aliphatic carbocycles. The lowest BCUT2D eigenvalue weighted by atomic mass is 9.39. The van der Waals surface area contributed by atoms with Gasteiger partial charge in [0.1, 0.15) is 11.1 Å². The first-order valence-electron chi connectivity index (χ1n) is 14.8. The van der Waals surface area contributed by atoms with Crippen molar-refractivity contribution in [3.63, 3.8) is 0 Å². The van der Waals surface area contributed by atoms with Crippen molar-refractivity contribution in [2.45, 2.75) is 36.8 Å². The van der Waals surface area contributed by atoms with Gasteiger partial charge < -0.3 is 9.47 Å². The zero-order valence-electron chi connectivity index (χ0n) is 22.6. The fourth-order valence-electron chi connectivity index (χ4n) is 11.8. The fraction of sp³-hybridized carbons (Fsp3) is 0.562. The highest BCUT2D eigenvalue weighted by Gasteiger charge is 2.83. The Bertz CT molecular complexity index is 1400. The maximum Gasteiger partial charge on any atom is 0.334 e. The molecule has 8 nitrogen and oxygen atoms in total. The van der Waals surface area contributed by atoms with Crippen molar-refractivity contribution in [1.82, 2.24) is 9.97 Å². The second-order valence-electron chi connectivity index (χ2n) is 13.1. The quantitative estimate of drug-likeness (QED) is 0.534. The van der Waals surface area contributed by atoms with Gasteiger partial charge in [-0.15, -0.1) is 0 Å². The number of rotatable bonds is 4. The minimum absolute atomic E-state index is 0.0271. The molecule has 0 unspecified atom stereocenters. The smallest absolute Gasteiger partial charge is 0.334 e. The normalized spacial score (nSPS) is 46.0. The van der Waals surface area contributed by atoms with Gasteiger partial charge in [0.05, 0.1) is 36.8 Å². The van der Waals surface area contributed by atoms with E-state index < -0.39 is 23.0 Å². The lowest BCUT2D eigenvalue weighted by Crippen LogP contribution is -2.70. The number of azo groups is 1. The SMILES string of the molecule is COC(=O)C1=C(C(=O)OC)[C@H]2[C@H]3C[C@@H]([C@@H]12)[C@H]1[C@@H]3[C@@]2(c3ccccn3)N=N[C@]1(c1ccccn1)[C@@H]1[C@H]3CC[C@H](C3)[C@@H]12. The van der Waals surface area contributed by atoms with Crippen LogP contribution in [-0.2, 0) is 30.1 Å². The van der Waals surface area contributed by atoms with E-state index in [0.29, 0.717) is 34.8 Å². The standard InChI is InChI=1S/C32H32N4O4/c1-39-29(37)23-21-17-14-18(22(21)24(23)30(38)40-2)28-27(17)31(19-7-3-5-11-33-19)25-15-9-10-16(13-15)26(25)32(28,36-35-31)20-8-4-6-12-34-20/h3-8,11-12,15-18,21-22,25-28H,9-10,13-14H2,1-2H3/t15-,16+,17-,18+,21+,22-,25+,26-,27-,28+,31+,32-. The molecule has 2 aromatic rings. The Kier molecular flexibility index (Phi) is 4.46. The zero-order chi connectivity index (χ0) is 27.0. The molecule has 0 N–H and O–H groups in total. The lowest BCUT2D eigenvalue weighted by Gasteiger charge is -2.67. The predicted octanol–water partition coefficient (Wildman–Crippen LogP) is 4.48. The summed E-state index contributed by atoms with van der Waals surface area (Å²) in [7, 11) is 2.80. The maximum atomic E-state index is 13.1. The predicted molar refractivity (Wildman–Crippen MR) is 141 cm³/mol. The molecule has 8 aliphatic rings. The minimum Gasteiger partial charge on any atom is -0.466 e. The molecule has 12 atom stereocenters. The van der Waals surface area contributed by atoms with Gasteiger partial charge in [-0.1, -0.05) is 12.1 Å². The first-order valence-corrected chi connectivity index (χ1v) is 14.8. The first-order chi connectivity index (χ1) is 19.6. The van der Waals surface area contributed by atoms with E-state index in [0.717, 1.165) is 17.8 Å². The van der Waals surface area contributed by atoms with Crippen LogP contribution in [0.5, 0.6) is 0 Å². The van der Waals surface area contributed by atoms with Crippen LogP contribution in [0, 0.1) is 59.2 Å². The number of nitrogens with zero attached hydrogens (tertiary/aromatic N) is 4. The summed E-state index contributed by atoms with van der Waals surface area (Å²) in [5.41, 5.74) is 2.03. The number of ether oxygens (including phenoxy) is 2. The van der Waals surface area contributed by atoms with Crippen LogP contribution in [0.4, 0.5) is 0 Å². The number of esters is 2. The van der Waals surface area contributed by atoms with Crippen molar-refractivity contribution < 1.29 is 19.1 Å². The van der Waals surface area contributed by atoms with Crippen LogP contribution < -0.4 is 0 Å². The molecule has 2 aliphatic heterocycles. The Morgan fingerprint density at radius 1 is 0.700 bits per heavy atom. The second kappa shape index (κ2) is 7.65. The summed E-state index contributed by atoms with van der Waals surface area (Å²) in [5, 5.41) is 10.8. The molecule has 5 fully saturated rings. The summed E-state index contributed by atoms with van der Waals surface area (Å²) in [4.78, 5) is 36.3. The molecule has 2 aromatic heterocycles. The van der Waals surface area contributed by atoms with Crippen molar-refractivity contribution in [3.8, 4) is 0 Å². The second-order valence-corrected chi connectivity index (χ2v) is 13.1. The van der Waals surface area contributed by atoms with Gasteiger partial charge in [0, 0.05) is 47.9 Å². The van der Waals surface area contributed by atoms with Crippen molar-refractivity contribution in [2.24, 2.45) is 69.4 Å². The van der Waals surface area contributed by atoms with E-state index in [2.05, 4.69) is 24.3 Å². The molecule has 4 heterocycles. The molecular weight excluding hydrogens is 504 g/mol. The molecule has 5 saturated carbocycles. The molecule has 6 bridgehead atoms. The van der Waals surface area contributed by atoms with Crippen molar-refractivity contribution in [3.05, 3.63) is 71.3 Å². The summed E-state index contributed by atoms with van der Waals surface area (Å²) in [6.07, 6.45) is 8.39. The number of pyridine rings is 2. The van der Waals surface area contributed by atoms with Gasteiger partial charge in [-0.25, -0.2) is 9.59 Å². The largest absolute Gasteiger partial charge is 0.466 e. The van der Waals surface area contributed by atoms with E-state index in [-0.39, 0.29) is 35.5 Å². The van der Waals surface area contributed by atoms with Crippen LogP contribution in [-0.4, -0.2) is 36.1 Å². The summed E-state index contributed by atoms with van der Waals surface area (Å²) >= 11 is 0. The van der Waals surface area contributed by atoms with Crippen LogP contribution in [0.25, 0.3) is 0 Å². The molecule has 0 spiro atoms. The molecule has 8 heteroatoms. The average Bonchev–Trinajstić information content (AvgIpc) is 3.78. The summed E-state index contributed by atoms with van der Waals surface area (Å²) in [5.74, 6) is 1.67. The molecule has 0 amide bonds. The highest BCUT2D eigenvalue weighted by Crippen LogP contribution is 2.83. The number of hydrogen-bond donors (Lipinski definition) is 0. The third-order valence-electron chi connectivity index (χ3n) is 12.4. The Balaban J connectivity index is 1.32. The fourth-order valence-corrected chi connectivity index (χ4v) is 11.8. The number of methoxy groups -OCH3 is 2. The van der Waals surface area contributed by atoms with E-state index >= 15 is 0 Å². The Hall–Kier alpha value is -3.42. The van der Waals surface area contributed by atoms with E-state index in [1.807, 2.05) is 24.5 Å². The summed E-state index contributed by atoms with van der Waals surface area (Å²) < 4.78 is 10.5. The number of carbonyl (C=O) groups is 2. The third-order valence-corrected chi connectivity index (χ3v) is 12.4. The van der Waals surface area contributed by atoms with E-state index in [1.165, 1.54) is 33.5 Å². The Labute approximate surface area is 232 Å². The minimum atomic E-state index is -0.528. The van der Waals surface area contributed by atoms with Crippen LogP contribution in [0.1, 0.15) is 37.1 Å². The number of fused-ring (bicyclic) bond motifs is 7. The Morgan fingerprint density at radius 3 is 1.57 bits per heavy atom. The van der Waals surface area contributed by atoms with E-state index in [9.17, 15) is 9.59 Å². The highest BCUT2D eigenvalue weighted by atomic mass is 16.5. The maximum absolute atomic E-state index is 13.1. The molecular formula is C32H32N4O4. The highest BCUT2D eigenvalue weighted by molar-refractivity contribution is 6.04. The van der Waals surface area contributed by atoms with Crippen LogP contribution in [0.3, 0.4) is 0 Å². The van der Waals surface area contributed by atoms with Crippen molar-refractivity contribution in [1.29, 1.82) is 0 Å². The number of aromatic nitrogens is 2. The molecule has 0 radical (unpaired) electrons. The van der Waals surface area contributed by atoms with Crippen LogP contribution >= 0.6 is 0 Å². The molecule has 40 heavy (non-hydrogen) atoms. The average molecular weight is 537 g/mol. The molecule has 0 aromatic carbocycles. The van der Waals surface area contributed by atoms with Crippen LogP contribution in [0.2, 0.25) is 0 Å². The first kappa shape index (κ1) is 23.3. The number of hydrogen-bond acceptors (Lipinski definition) is 8. The van der Waals surface area contributed by atoms with Gasteiger partial charge in [0.2, 0.25) is 0 Å². The van der Waals surface area contributed by atoms with Gasteiger partial charge in [-0.05, 0) is 73.6 Å². The van der Waals surface area contributed by atoms with Gasteiger partial charge in [-0.2, -0.15) is 10.2 Å². The van der Waals surface area contributed by atoms with Gasteiger partial charge >= 0.3 is 11.9 Å². The van der Waals surface area contributed by atoms with Gasteiger partial charge in [0.25, 0.3) is 0 Å². The van der Waals surface area contributed by atoms with Crippen molar-refractivity contribution in [2.75, 3.05) is 14.2 Å². The molecule has 204 valence electrons. The lowest BCUT2D eigenvalue weighted by molar-refractivity contribution is -0.166. The molecule has 10 rings (SSSR count). The topological polar surface area (TPSA) is 103 Å². The monoisotopic (exact) mass is 536 g/mol.